The van der Waals surface area contributed by atoms with Gasteiger partial charge in [0.15, 0.2) is 0 Å². The van der Waals surface area contributed by atoms with Gasteiger partial charge < -0.3 is 10.6 Å². The van der Waals surface area contributed by atoms with Crippen LogP contribution in [0.5, 0.6) is 0 Å². The fourth-order valence-electron chi connectivity index (χ4n) is 3.30. The van der Waals surface area contributed by atoms with Gasteiger partial charge in [-0.1, -0.05) is 37.3 Å². The van der Waals surface area contributed by atoms with Crippen LogP contribution in [0, 0.1) is 13.8 Å². The van der Waals surface area contributed by atoms with E-state index in [1.54, 1.807) is 24.3 Å². The molecule has 0 fully saturated rings. The van der Waals surface area contributed by atoms with Crippen molar-refractivity contribution < 1.29 is 9.59 Å². The van der Waals surface area contributed by atoms with Gasteiger partial charge in [0, 0.05) is 17.3 Å². The van der Waals surface area contributed by atoms with Gasteiger partial charge in [-0.3, -0.25) is 9.59 Å². The van der Waals surface area contributed by atoms with E-state index in [1.165, 1.54) is 0 Å². The minimum absolute atomic E-state index is 0.0652. The average molecular weight is 405 g/mol. The van der Waals surface area contributed by atoms with E-state index < -0.39 is 0 Å². The second-order valence-electron chi connectivity index (χ2n) is 7.45. The molecule has 6 nitrogen and oxygen atoms in total. The van der Waals surface area contributed by atoms with Crippen LogP contribution in [0.15, 0.2) is 54.6 Å². The second-order valence-corrected chi connectivity index (χ2v) is 7.45. The third-order valence-electron chi connectivity index (χ3n) is 5.21. The number of anilines is 1. The Labute approximate surface area is 177 Å². The van der Waals surface area contributed by atoms with Crippen molar-refractivity contribution in [1.29, 1.82) is 0 Å². The zero-order chi connectivity index (χ0) is 21.7. The minimum atomic E-state index is -0.190. The van der Waals surface area contributed by atoms with E-state index in [4.69, 9.17) is 0 Å². The van der Waals surface area contributed by atoms with Gasteiger partial charge in [0.2, 0.25) is 5.91 Å². The van der Waals surface area contributed by atoms with Gasteiger partial charge in [0.25, 0.3) is 5.91 Å². The van der Waals surface area contributed by atoms with Gasteiger partial charge >= 0.3 is 0 Å². The molecule has 1 unspecified atom stereocenters. The van der Waals surface area contributed by atoms with E-state index in [1.807, 2.05) is 62.7 Å². The number of benzene rings is 2. The predicted molar refractivity (Wildman–Crippen MR) is 119 cm³/mol. The lowest BCUT2D eigenvalue weighted by Crippen LogP contribution is -2.32. The molecule has 2 aromatic carbocycles. The van der Waals surface area contributed by atoms with Crippen LogP contribution in [-0.4, -0.2) is 27.6 Å². The first-order chi connectivity index (χ1) is 14.4. The summed E-state index contributed by atoms with van der Waals surface area (Å²) in [6.07, 6.45) is 1.02. The Kier molecular flexibility index (Phi) is 6.67. The maximum atomic E-state index is 12.8. The quantitative estimate of drug-likeness (QED) is 0.620. The molecule has 0 aliphatic carbocycles. The summed E-state index contributed by atoms with van der Waals surface area (Å²) in [5.74, 6) is -0.373. The highest BCUT2D eigenvalue weighted by atomic mass is 16.2. The monoisotopic (exact) mass is 404 g/mol. The zero-order valence-corrected chi connectivity index (χ0v) is 17.9. The summed E-state index contributed by atoms with van der Waals surface area (Å²) in [5, 5.41) is 10.4. The Bertz CT molecular complexity index is 1040. The fourth-order valence-corrected chi connectivity index (χ4v) is 3.30. The fraction of sp³-hybridized carbons (Fsp3) is 0.292. The van der Waals surface area contributed by atoms with Gasteiger partial charge in [-0.05, 0) is 51.5 Å². The molecule has 0 saturated carbocycles. The number of para-hydroxylation sites is 2. The first-order valence-electron chi connectivity index (χ1n) is 10.2. The SMILES string of the molecule is CCC(C)NC(=O)c1ccccc1NC(=O)Cc1c(C)nn(-c2ccccc2)c1C. The molecular weight excluding hydrogens is 376 g/mol. The molecule has 1 atom stereocenters. The Morgan fingerprint density at radius 2 is 1.70 bits per heavy atom. The molecule has 6 heteroatoms. The van der Waals surface area contributed by atoms with Crippen LogP contribution in [-0.2, 0) is 11.2 Å². The Morgan fingerprint density at radius 3 is 2.40 bits per heavy atom. The smallest absolute Gasteiger partial charge is 0.253 e. The number of rotatable bonds is 7. The highest BCUT2D eigenvalue weighted by molar-refractivity contribution is 6.04. The third kappa shape index (κ3) is 4.76. The predicted octanol–water partition coefficient (Wildman–Crippen LogP) is 4.20. The van der Waals surface area contributed by atoms with Crippen molar-refractivity contribution in [2.45, 2.75) is 46.6 Å². The van der Waals surface area contributed by atoms with Crippen molar-refractivity contribution in [2.75, 3.05) is 5.32 Å². The van der Waals surface area contributed by atoms with E-state index in [9.17, 15) is 9.59 Å². The molecule has 3 rings (SSSR count). The minimum Gasteiger partial charge on any atom is -0.350 e. The van der Waals surface area contributed by atoms with Crippen molar-refractivity contribution in [1.82, 2.24) is 15.1 Å². The number of hydrogen-bond acceptors (Lipinski definition) is 3. The van der Waals surface area contributed by atoms with Crippen LogP contribution in [0.2, 0.25) is 0 Å². The molecule has 0 radical (unpaired) electrons. The Balaban J connectivity index is 1.78. The maximum Gasteiger partial charge on any atom is 0.253 e. The van der Waals surface area contributed by atoms with Gasteiger partial charge in [0.05, 0.1) is 29.1 Å². The Morgan fingerprint density at radius 1 is 1.03 bits per heavy atom. The number of nitrogens with one attached hydrogen (secondary N) is 2. The maximum absolute atomic E-state index is 12.8. The molecule has 2 amide bonds. The van der Waals surface area contributed by atoms with Crippen LogP contribution >= 0.6 is 0 Å². The normalized spacial score (nSPS) is 11.7. The van der Waals surface area contributed by atoms with Gasteiger partial charge in [-0.25, -0.2) is 4.68 Å². The molecule has 30 heavy (non-hydrogen) atoms. The van der Waals surface area contributed by atoms with Crippen LogP contribution < -0.4 is 10.6 Å². The van der Waals surface area contributed by atoms with Gasteiger partial charge in [-0.15, -0.1) is 0 Å². The Hall–Kier alpha value is -3.41. The summed E-state index contributed by atoms with van der Waals surface area (Å²) in [6, 6.07) is 17.0. The highest BCUT2D eigenvalue weighted by Gasteiger charge is 2.18. The van der Waals surface area contributed by atoms with E-state index in [0.29, 0.717) is 11.3 Å². The zero-order valence-electron chi connectivity index (χ0n) is 17.9. The first kappa shape index (κ1) is 21.3. The molecule has 0 saturated heterocycles. The van der Waals surface area contributed by atoms with Crippen molar-refractivity contribution in [3.05, 3.63) is 77.1 Å². The number of amides is 2. The van der Waals surface area contributed by atoms with Crippen LogP contribution in [0.4, 0.5) is 5.69 Å². The molecular formula is C24H28N4O2. The summed E-state index contributed by atoms with van der Waals surface area (Å²) < 4.78 is 1.85. The summed E-state index contributed by atoms with van der Waals surface area (Å²) >= 11 is 0. The number of aryl methyl sites for hydroxylation is 1. The lowest BCUT2D eigenvalue weighted by molar-refractivity contribution is -0.115. The van der Waals surface area contributed by atoms with E-state index in [-0.39, 0.29) is 24.3 Å². The van der Waals surface area contributed by atoms with Gasteiger partial charge in [0.1, 0.15) is 0 Å². The summed E-state index contributed by atoms with van der Waals surface area (Å²) in [5.41, 5.74) is 4.55. The van der Waals surface area contributed by atoms with Crippen molar-refractivity contribution in [2.24, 2.45) is 0 Å². The summed E-state index contributed by atoms with van der Waals surface area (Å²) in [7, 11) is 0. The number of carbonyl (C=O) groups is 2. The molecule has 156 valence electrons. The molecule has 0 aliphatic heterocycles. The molecule has 0 bridgehead atoms. The molecule has 0 spiro atoms. The standard InChI is InChI=1S/C24H28N4O2/c1-5-16(2)25-24(30)20-13-9-10-14-22(20)26-23(29)15-21-17(3)27-28(18(21)4)19-11-7-6-8-12-19/h6-14,16H,5,15H2,1-4H3,(H,25,30)(H,26,29). The van der Waals surface area contributed by atoms with Crippen LogP contribution in [0.3, 0.4) is 0 Å². The summed E-state index contributed by atoms with van der Waals surface area (Å²) in [6.45, 7) is 7.83. The van der Waals surface area contributed by atoms with Crippen molar-refractivity contribution >= 4 is 17.5 Å². The largest absolute Gasteiger partial charge is 0.350 e. The number of nitrogens with zero attached hydrogens (tertiary/aromatic N) is 2. The summed E-state index contributed by atoms with van der Waals surface area (Å²) in [4.78, 5) is 25.4. The van der Waals surface area contributed by atoms with Gasteiger partial charge in [-0.2, -0.15) is 5.10 Å². The van der Waals surface area contributed by atoms with E-state index in [0.717, 1.165) is 29.1 Å². The number of aromatic nitrogens is 2. The van der Waals surface area contributed by atoms with Crippen molar-refractivity contribution in [3.63, 3.8) is 0 Å². The molecule has 2 N–H and O–H groups in total. The highest BCUT2D eigenvalue weighted by Crippen LogP contribution is 2.20. The second kappa shape index (κ2) is 9.39. The number of hydrogen-bond donors (Lipinski definition) is 2. The topological polar surface area (TPSA) is 76.0 Å². The van der Waals surface area contributed by atoms with E-state index >= 15 is 0 Å². The van der Waals surface area contributed by atoms with Crippen LogP contribution in [0.25, 0.3) is 5.69 Å². The molecule has 1 heterocycles. The molecule has 0 aliphatic rings. The number of carbonyl (C=O) groups excluding carboxylic acids is 2. The van der Waals surface area contributed by atoms with E-state index in [2.05, 4.69) is 15.7 Å². The third-order valence-corrected chi connectivity index (χ3v) is 5.21. The average Bonchev–Trinajstić information content (AvgIpc) is 3.02. The first-order valence-corrected chi connectivity index (χ1v) is 10.2. The lowest BCUT2D eigenvalue weighted by atomic mass is 10.1. The molecule has 1 aromatic heterocycles. The van der Waals surface area contributed by atoms with Crippen molar-refractivity contribution in [3.8, 4) is 5.69 Å². The molecule has 3 aromatic rings. The lowest BCUT2D eigenvalue weighted by Gasteiger charge is -2.14. The van der Waals surface area contributed by atoms with Crippen LogP contribution in [0.1, 0.15) is 47.6 Å².